The Morgan fingerprint density at radius 3 is 2.31 bits per heavy atom. The molecular formula is C25H31ClN4O2. The largest absolute Gasteiger partial charge is 0.368 e. The van der Waals surface area contributed by atoms with Crippen molar-refractivity contribution in [3.8, 4) is 0 Å². The van der Waals surface area contributed by atoms with Crippen molar-refractivity contribution >= 4 is 34.9 Å². The molecular weight excluding hydrogens is 424 g/mol. The fraction of sp³-hybridized carbons (Fsp3) is 0.440. The fourth-order valence-electron chi connectivity index (χ4n) is 4.39. The van der Waals surface area contributed by atoms with Crippen molar-refractivity contribution in [1.29, 1.82) is 0 Å². The predicted octanol–water partition coefficient (Wildman–Crippen LogP) is 4.36. The summed E-state index contributed by atoms with van der Waals surface area (Å²) in [4.78, 5) is 33.4. The standard InChI is InChI=1S/C25H31ClN4O2/c1-18(2)20-5-8-22(9-6-20)30-15-14-29(25(30)32)17-24(31)28-12-10-27(11-13-28)23-16-21(26)7-4-19(23)3/h4-9,16,18H,10-15,17H2,1-3H3. The van der Waals surface area contributed by atoms with Crippen LogP contribution in [0.15, 0.2) is 42.5 Å². The second kappa shape index (κ2) is 9.41. The Labute approximate surface area is 195 Å². The summed E-state index contributed by atoms with van der Waals surface area (Å²) in [5, 5.41) is 0.722. The van der Waals surface area contributed by atoms with Gasteiger partial charge in [-0.15, -0.1) is 0 Å². The molecule has 2 fully saturated rings. The normalized spacial score (nSPS) is 17.0. The van der Waals surface area contributed by atoms with E-state index in [0.717, 1.165) is 29.5 Å². The van der Waals surface area contributed by atoms with Gasteiger partial charge in [-0.2, -0.15) is 0 Å². The van der Waals surface area contributed by atoms with Crippen molar-refractivity contribution < 1.29 is 9.59 Å². The first-order chi connectivity index (χ1) is 15.3. The van der Waals surface area contributed by atoms with Gasteiger partial charge >= 0.3 is 6.03 Å². The maximum Gasteiger partial charge on any atom is 0.325 e. The van der Waals surface area contributed by atoms with Crippen LogP contribution in [0.3, 0.4) is 0 Å². The van der Waals surface area contributed by atoms with Crippen LogP contribution in [0, 0.1) is 6.92 Å². The minimum atomic E-state index is -0.0937. The van der Waals surface area contributed by atoms with E-state index >= 15 is 0 Å². The number of urea groups is 1. The number of benzene rings is 2. The summed E-state index contributed by atoms with van der Waals surface area (Å²) < 4.78 is 0. The molecule has 2 saturated heterocycles. The summed E-state index contributed by atoms with van der Waals surface area (Å²) in [6.07, 6.45) is 0. The van der Waals surface area contributed by atoms with Crippen LogP contribution in [0.5, 0.6) is 0 Å². The maximum absolute atomic E-state index is 12.9. The highest BCUT2D eigenvalue weighted by Gasteiger charge is 2.32. The third-order valence-electron chi connectivity index (χ3n) is 6.44. The number of carbonyl (C=O) groups excluding carboxylic acids is 2. The van der Waals surface area contributed by atoms with Gasteiger partial charge in [0.1, 0.15) is 6.54 Å². The number of carbonyl (C=O) groups is 2. The molecule has 0 N–H and O–H groups in total. The first-order valence-corrected chi connectivity index (χ1v) is 11.7. The Hall–Kier alpha value is -2.73. The van der Waals surface area contributed by atoms with Crippen LogP contribution in [-0.4, -0.2) is 67.6 Å². The first-order valence-electron chi connectivity index (χ1n) is 11.3. The number of piperazine rings is 1. The molecule has 32 heavy (non-hydrogen) atoms. The lowest BCUT2D eigenvalue weighted by Gasteiger charge is -2.37. The Kier molecular flexibility index (Phi) is 6.60. The Balaban J connectivity index is 1.32. The molecule has 0 bridgehead atoms. The van der Waals surface area contributed by atoms with E-state index in [9.17, 15) is 9.59 Å². The van der Waals surface area contributed by atoms with Gasteiger partial charge in [-0.1, -0.05) is 43.6 Å². The molecule has 0 spiro atoms. The van der Waals surface area contributed by atoms with Crippen LogP contribution in [0.2, 0.25) is 5.02 Å². The predicted molar refractivity (Wildman–Crippen MR) is 130 cm³/mol. The highest BCUT2D eigenvalue weighted by Crippen LogP contribution is 2.26. The molecule has 0 aromatic heterocycles. The molecule has 2 heterocycles. The van der Waals surface area contributed by atoms with Crippen LogP contribution in [0.25, 0.3) is 0 Å². The van der Waals surface area contributed by atoms with Crippen molar-refractivity contribution in [1.82, 2.24) is 9.80 Å². The smallest absolute Gasteiger partial charge is 0.325 e. The molecule has 0 radical (unpaired) electrons. The first kappa shape index (κ1) is 22.5. The molecule has 0 aliphatic carbocycles. The maximum atomic E-state index is 12.9. The summed E-state index contributed by atoms with van der Waals surface area (Å²) in [6.45, 7) is 10.5. The second-order valence-electron chi connectivity index (χ2n) is 8.90. The molecule has 4 rings (SSSR count). The number of aryl methyl sites for hydroxylation is 1. The van der Waals surface area contributed by atoms with Crippen LogP contribution in [0.1, 0.15) is 30.9 Å². The van der Waals surface area contributed by atoms with E-state index in [1.54, 1.807) is 9.80 Å². The highest BCUT2D eigenvalue weighted by molar-refractivity contribution is 6.30. The third-order valence-corrected chi connectivity index (χ3v) is 6.67. The lowest BCUT2D eigenvalue weighted by Crippen LogP contribution is -2.51. The average molecular weight is 455 g/mol. The number of rotatable bonds is 5. The van der Waals surface area contributed by atoms with E-state index in [-0.39, 0.29) is 18.5 Å². The molecule has 2 aliphatic rings. The van der Waals surface area contributed by atoms with Crippen molar-refractivity contribution in [3.05, 3.63) is 58.6 Å². The van der Waals surface area contributed by atoms with Gasteiger partial charge in [-0.3, -0.25) is 9.69 Å². The SMILES string of the molecule is Cc1ccc(Cl)cc1N1CCN(C(=O)CN2CCN(c3ccc(C(C)C)cc3)C2=O)CC1. The van der Waals surface area contributed by atoms with Gasteiger partial charge in [0.05, 0.1) is 0 Å². The molecule has 2 aliphatic heterocycles. The van der Waals surface area contributed by atoms with E-state index in [4.69, 9.17) is 11.6 Å². The van der Waals surface area contributed by atoms with Gasteiger partial charge < -0.3 is 14.7 Å². The van der Waals surface area contributed by atoms with Crippen LogP contribution in [-0.2, 0) is 4.79 Å². The fourth-order valence-corrected chi connectivity index (χ4v) is 4.56. The zero-order chi connectivity index (χ0) is 22.8. The Morgan fingerprint density at radius 1 is 0.969 bits per heavy atom. The van der Waals surface area contributed by atoms with Gasteiger partial charge in [0.15, 0.2) is 0 Å². The van der Waals surface area contributed by atoms with Gasteiger partial charge in [0.25, 0.3) is 0 Å². The molecule has 2 aromatic carbocycles. The van der Waals surface area contributed by atoms with Crippen molar-refractivity contribution in [3.63, 3.8) is 0 Å². The summed E-state index contributed by atoms with van der Waals surface area (Å²) in [5.41, 5.74) is 4.44. The van der Waals surface area contributed by atoms with E-state index in [2.05, 4.69) is 37.8 Å². The zero-order valence-corrected chi connectivity index (χ0v) is 19.8. The van der Waals surface area contributed by atoms with Crippen molar-refractivity contribution in [2.24, 2.45) is 0 Å². The minimum Gasteiger partial charge on any atom is -0.368 e. The third kappa shape index (κ3) is 4.70. The number of amides is 3. The second-order valence-corrected chi connectivity index (χ2v) is 9.34. The summed E-state index contributed by atoms with van der Waals surface area (Å²) in [7, 11) is 0. The number of anilines is 2. The summed E-state index contributed by atoms with van der Waals surface area (Å²) in [6, 6.07) is 13.9. The molecule has 0 unspecified atom stereocenters. The van der Waals surface area contributed by atoms with Gasteiger partial charge in [0, 0.05) is 55.7 Å². The molecule has 0 atom stereocenters. The lowest BCUT2D eigenvalue weighted by molar-refractivity contribution is -0.131. The van der Waals surface area contributed by atoms with Crippen LogP contribution >= 0.6 is 11.6 Å². The molecule has 7 heteroatoms. The Bertz CT molecular complexity index is 984. The van der Waals surface area contributed by atoms with E-state index in [1.165, 1.54) is 11.1 Å². The van der Waals surface area contributed by atoms with Crippen LogP contribution in [0.4, 0.5) is 16.2 Å². The summed E-state index contributed by atoms with van der Waals surface area (Å²) in [5.74, 6) is 0.466. The van der Waals surface area contributed by atoms with E-state index in [1.807, 2.05) is 35.2 Å². The lowest BCUT2D eigenvalue weighted by atomic mass is 10.0. The zero-order valence-electron chi connectivity index (χ0n) is 19.1. The molecule has 170 valence electrons. The number of nitrogens with zero attached hydrogens (tertiary/aromatic N) is 4. The molecule has 2 aromatic rings. The van der Waals surface area contributed by atoms with E-state index in [0.29, 0.717) is 32.1 Å². The van der Waals surface area contributed by atoms with Gasteiger partial charge in [-0.25, -0.2) is 4.79 Å². The molecule has 0 saturated carbocycles. The van der Waals surface area contributed by atoms with Gasteiger partial charge in [0.2, 0.25) is 5.91 Å². The minimum absolute atomic E-state index is 0.0119. The van der Waals surface area contributed by atoms with E-state index < -0.39 is 0 Å². The quantitative estimate of drug-likeness (QED) is 0.674. The highest BCUT2D eigenvalue weighted by atomic mass is 35.5. The Morgan fingerprint density at radius 2 is 1.66 bits per heavy atom. The number of hydrogen-bond acceptors (Lipinski definition) is 3. The molecule has 6 nitrogen and oxygen atoms in total. The van der Waals surface area contributed by atoms with Crippen molar-refractivity contribution in [2.45, 2.75) is 26.7 Å². The molecule has 3 amide bonds. The van der Waals surface area contributed by atoms with Crippen molar-refractivity contribution in [2.75, 3.05) is 55.6 Å². The number of halogens is 1. The van der Waals surface area contributed by atoms with Gasteiger partial charge in [-0.05, 0) is 48.2 Å². The average Bonchev–Trinajstić information content (AvgIpc) is 3.15. The monoisotopic (exact) mass is 454 g/mol. The summed E-state index contributed by atoms with van der Waals surface area (Å²) >= 11 is 6.17. The topological polar surface area (TPSA) is 47.1 Å². The number of hydrogen-bond donors (Lipinski definition) is 0. The van der Waals surface area contributed by atoms with Crippen LogP contribution < -0.4 is 9.80 Å².